The Hall–Kier alpha value is -6.09. The maximum atomic E-state index is 15.3. The van der Waals surface area contributed by atoms with Gasteiger partial charge in [0.15, 0.2) is 18.8 Å². The van der Waals surface area contributed by atoms with E-state index in [9.17, 15) is 19.8 Å². The summed E-state index contributed by atoms with van der Waals surface area (Å²) in [5.41, 5.74) is 2.46. The highest BCUT2D eigenvalue weighted by atomic mass is 16.5. The van der Waals surface area contributed by atoms with Gasteiger partial charge in [0, 0.05) is 54.5 Å². The molecule has 1 fully saturated rings. The van der Waals surface area contributed by atoms with Crippen molar-refractivity contribution in [1.29, 1.82) is 0 Å². The number of hydrogen-bond donors (Lipinski definition) is 2. The molecule has 4 aliphatic rings. The lowest BCUT2D eigenvalue weighted by Crippen LogP contribution is -2.46. The van der Waals surface area contributed by atoms with Crippen molar-refractivity contribution in [3.63, 3.8) is 0 Å². The van der Waals surface area contributed by atoms with E-state index in [-0.39, 0.29) is 44.1 Å². The third-order valence-corrected chi connectivity index (χ3v) is 11.8. The van der Waals surface area contributed by atoms with Gasteiger partial charge in [-0.3, -0.25) is 28.9 Å². The molecule has 0 aliphatic carbocycles. The molecule has 4 atom stereocenters. The second-order valence-corrected chi connectivity index (χ2v) is 15.8. The summed E-state index contributed by atoms with van der Waals surface area (Å²) in [4.78, 5) is 46.9. The zero-order valence-corrected chi connectivity index (χ0v) is 32.4. The number of amides is 3. The molecule has 14 heteroatoms. The number of aryl methyl sites for hydroxylation is 1. The van der Waals surface area contributed by atoms with Crippen LogP contribution in [0.4, 0.5) is 28.4 Å². The van der Waals surface area contributed by atoms with E-state index in [2.05, 4.69) is 10.3 Å². The van der Waals surface area contributed by atoms with Gasteiger partial charge in [0.05, 0.1) is 41.0 Å². The van der Waals surface area contributed by atoms with E-state index >= 15 is 4.79 Å². The van der Waals surface area contributed by atoms with Gasteiger partial charge in [-0.25, -0.2) is 0 Å². The Balaban J connectivity index is 1.10. The van der Waals surface area contributed by atoms with Gasteiger partial charge in [-0.2, -0.15) is 0 Å². The first kappa shape index (κ1) is 37.5. The molecule has 3 amide bonds. The molecule has 5 heterocycles. The summed E-state index contributed by atoms with van der Waals surface area (Å²) in [6.07, 6.45) is 2.02. The molecule has 4 aliphatic heterocycles. The molecule has 5 aromatic rings. The van der Waals surface area contributed by atoms with Crippen LogP contribution < -0.4 is 24.2 Å². The van der Waals surface area contributed by atoms with E-state index in [4.69, 9.17) is 14.2 Å². The Morgan fingerprint density at radius 3 is 2.09 bits per heavy atom. The molecular formula is C44H44N6O8. The van der Waals surface area contributed by atoms with Crippen LogP contribution in [-0.4, -0.2) is 74.5 Å². The van der Waals surface area contributed by atoms with Crippen LogP contribution in [0.1, 0.15) is 44.0 Å². The van der Waals surface area contributed by atoms with Crippen LogP contribution in [0.15, 0.2) is 97.2 Å². The van der Waals surface area contributed by atoms with Gasteiger partial charge in [-0.05, 0) is 80.4 Å². The fourth-order valence-corrected chi connectivity index (χ4v) is 9.27. The monoisotopic (exact) mass is 784 g/mol. The maximum Gasteiger partial charge on any atom is 0.269 e. The fraction of sp³-hybridized carbons (Fsp3) is 0.341. The molecule has 1 saturated heterocycles. The number of aliphatic hydroxyl groups excluding tert-OH is 1. The lowest BCUT2D eigenvalue weighted by Gasteiger charge is -2.34. The lowest BCUT2D eigenvalue weighted by molar-refractivity contribution is -0.146. The first-order valence-corrected chi connectivity index (χ1v) is 19.5. The quantitative estimate of drug-likeness (QED) is 0.193. The first-order chi connectivity index (χ1) is 28.0. The third kappa shape index (κ3) is 6.19. The van der Waals surface area contributed by atoms with Crippen molar-refractivity contribution in [2.45, 2.75) is 64.0 Å². The number of benzene rings is 4. The molecule has 1 spiro atoms. The Morgan fingerprint density at radius 2 is 1.45 bits per heavy atom. The molecule has 2 N–H and O–H groups in total. The Bertz CT molecular complexity index is 2410. The molecule has 298 valence electrons. The molecule has 0 saturated carbocycles. The van der Waals surface area contributed by atoms with Crippen LogP contribution in [0.3, 0.4) is 0 Å². The normalized spacial score (nSPS) is 22.5. The van der Waals surface area contributed by atoms with E-state index in [0.717, 1.165) is 5.56 Å². The third-order valence-electron chi connectivity index (χ3n) is 11.8. The highest BCUT2D eigenvalue weighted by Crippen LogP contribution is 2.59. The van der Waals surface area contributed by atoms with Crippen molar-refractivity contribution < 1.29 is 38.8 Å². The largest absolute Gasteiger partial charge is 0.482 e. The number of ether oxygens (including phenoxy) is 3. The molecule has 9 rings (SSSR count). The molecule has 0 unspecified atom stereocenters. The van der Waals surface area contributed by atoms with Crippen LogP contribution in [0.5, 0.6) is 11.5 Å². The van der Waals surface area contributed by atoms with Gasteiger partial charge in [0.1, 0.15) is 11.5 Å². The van der Waals surface area contributed by atoms with E-state index in [1.165, 1.54) is 0 Å². The van der Waals surface area contributed by atoms with E-state index < -0.39 is 29.1 Å². The molecule has 4 aromatic carbocycles. The van der Waals surface area contributed by atoms with Crippen molar-refractivity contribution in [2.24, 2.45) is 11.8 Å². The molecular weight excluding hydrogens is 741 g/mol. The average Bonchev–Trinajstić information content (AvgIpc) is 3.86. The number of fused-ring (bicyclic) bond motifs is 4. The summed E-state index contributed by atoms with van der Waals surface area (Å²) in [6, 6.07) is 27.8. The summed E-state index contributed by atoms with van der Waals surface area (Å²) in [5.74, 6) is -0.505. The second kappa shape index (κ2) is 14.4. The highest BCUT2D eigenvalue weighted by molar-refractivity contribution is 6.10. The Morgan fingerprint density at radius 1 is 0.828 bits per heavy atom. The smallest absolute Gasteiger partial charge is 0.269 e. The van der Waals surface area contributed by atoms with Crippen LogP contribution in [0.25, 0.3) is 0 Å². The number of rotatable bonds is 10. The summed E-state index contributed by atoms with van der Waals surface area (Å²) in [7, 11) is 0. The van der Waals surface area contributed by atoms with Gasteiger partial charge < -0.3 is 29.3 Å². The SMILES string of the molecule is C[C@H]1[C@H](C(C)(C)O)[C@@H](CCn2cc(CCO)nn2)O[C@]12C(=O)N(Cc1ccc(N3C(=O)COc4ccccc43)cc1)c1ccc(N3C(=O)COc4ccccc43)cc12. The zero-order chi connectivity index (χ0) is 40.3. The number of anilines is 5. The van der Waals surface area contributed by atoms with Gasteiger partial charge in [-0.15, -0.1) is 5.10 Å². The molecule has 58 heavy (non-hydrogen) atoms. The van der Waals surface area contributed by atoms with Gasteiger partial charge in [0.25, 0.3) is 17.7 Å². The van der Waals surface area contributed by atoms with Crippen LogP contribution in [0.2, 0.25) is 0 Å². The Kier molecular flexibility index (Phi) is 9.29. The standard InChI is InChI=1S/C44H44N6O8/c1-27-41(43(2,3)55)38(18-20-47-24-29(19-21-51)45-46-47)58-44(27)32-22-31(50-35-9-5-7-11-37(35)57-26-40(50)53)16-17-33(32)48(42(44)54)23-28-12-14-30(15-13-28)49-34-8-4-6-10-36(34)56-25-39(49)52/h4-17,22,24,27,38,41,51,55H,18-21,23,25-26H2,1-3H3/t27-,38+,41-,44+/m0/s1. The summed E-state index contributed by atoms with van der Waals surface area (Å²) < 4.78 is 20.2. The van der Waals surface area contributed by atoms with Gasteiger partial charge >= 0.3 is 0 Å². The van der Waals surface area contributed by atoms with Crippen molar-refractivity contribution in [2.75, 3.05) is 34.5 Å². The number of aromatic nitrogens is 3. The number of carbonyl (C=O) groups is 3. The number of nitrogens with zero attached hydrogens (tertiary/aromatic N) is 6. The van der Waals surface area contributed by atoms with E-state index in [0.29, 0.717) is 70.6 Å². The van der Waals surface area contributed by atoms with Crippen LogP contribution in [0, 0.1) is 11.8 Å². The van der Waals surface area contributed by atoms with Gasteiger partial charge in [-0.1, -0.05) is 48.5 Å². The summed E-state index contributed by atoms with van der Waals surface area (Å²) in [5, 5.41) is 29.5. The van der Waals surface area contributed by atoms with Crippen molar-refractivity contribution in [3.05, 3.63) is 114 Å². The predicted octanol–water partition coefficient (Wildman–Crippen LogP) is 5.18. The first-order valence-electron chi connectivity index (χ1n) is 19.5. The Labute approximate surface area is 335 Å². The number of carbonyl (C=O) groups excluding carboxylic acids is 3. The second-order valence-electron chi connectivity index (χ2n) is 15.8. The maximum absolute atomic E-state index is 15.3. The minimum atomic E-state index is -1.51. The zero-order valence-electron chi connectivity index (χ0n) is 32.4. The molecule has 1 aromatic heterocycles. The minimum Gasteiger partial charge on any atom is -0.482 e. The lowest BCUT2D eigenvalue weighted by atomic mass is 9.70. The van der Waals surface area contributed by atoms with E-state index in [1.807, 2.05) is 97.9 Å². The minimum absolute atomic E-state index is 0.0426. The highest BCUT2D eigenvalue weighted by Gasteiger charge is 2.65. The van der Waals surface area contributed by atoms with Crippen molar-refractivity contribution in [3.8, 4) is 11.5 Å². The number of aliphatic hydroxyl groups is 2. The van der Waals surface area contributed by atoms with Crippen LogP contribution in [-0.2, 0) is 44.2 Å². The van der Waals surface area contributed by atoms with Crippen molar-refractivity contribution >= 4 is 46.2 Å². The average molecular weight is 785 g/mol. The fourth-order valence-electron chi connectivity index (χ4n) is 9.27. The number of para-hydroxylation sites is 4. The number of hydrogen-bond acceptors (Lipinski definition) is 10. The predicted molar refractivity (Wildman–Crippen MR) is 213 cm³/mol. The van der Waals surface area contributed by atoms with Crippen molar-refractivity contribution in [1.82, 2.24) is 15.0 Å². The molecule has 0 bridgehead atoms. The van der Waals surface area contributed by atoms with Gasteiger partial charge in [0.2, 0.25) is 0 Å². The van der Waals surface area contributed by atoms with E-state index in [1.54, 1.807) is 39.4 Å². The summed E-state index contributed by atoms with van der Waals surface area (Å²) in [6.45, 7) is 5.80. The molecule has 14 nitrogen and oxygen atoms in total. The van der Waals surface area contributed by atoms with Crippen LogP contribution >= 0.6 is 0 Å². The summed E-state index contributed by atoms with van der Waals surface area (Å²) >= 11 is 0. The topological polar surface area (TPSA) is 160 Å². The molecule has 0 radical (unpaired) electrons.